The number of nitrogens with one attached hydrogen (secondary N) is 1. The third-order valence-corrected chi connectivity index (χ3v) is 7.77. The Balaban J connectivity index is 1.40. The highest BCUT2D eigenvalue weighted by molar-refractivity contribution is 7.10. The molecular weight excluding hydrogens is 510 g/mol. The number of ether oxygens (including phenoxy) is 1. The van der Waals surface area contributed by atoms with Gasteiger partial charge in [0, 0.05) is 33.6 Å². The molecule has 2 aromatic heterocycles. The summed E-state index contributed by atoms with van der Waals surface area (Å²) in [6.07, 6.45) is 1.15. The van der Waals surface area contributed by atoms with E-state index in [1.54, 1.807) is 29.5 Å². The van der Waals surface area contributed by atoms with Crippen LogP contribution in [-0.2, 0) is 22.4 Å². The van der Waals surface area contributed by atoms with E-state index < -0.39 is 5.97 Å². The summed E-state index contributed by atoms with van der Waals surface area (Å²) in [4.78, 5) is 35.9. The van der Waals surface area contributed by atoms with Crippen molar-refractivity contribution in [2.75, 3.05) is 18.6 Å². The molecule has 0 saturated heterocycles. The van der Waals surface area contributed by atoms with Crippen molar-refractivity contribution >= 4 is 51.2 Å². The number of benzene rings is 3. The molecule has 0 radical (unpaired) electrons. The number of aromatic nitrogens is 1. The van der Waals surface area contributed by atoms with Crippen molar-refractivity contribution in [3.63, 3.8) is 0 Å². The van der Waals surface area contributed by atoms with Gasteiger partial charge in [-0.15, -0.1) is 11.3 Å². The minimum absolute atomic E-state index is 0.0406. The Morgan fingerprint density at radius 3 is 2.64 bits per heavy atom. The highest BCUT2D eigenvalue weighted by atomic mass is 32.1. The molecule has 5 aromatic rings. The van der Waals surface area contributed by atoms with Crippen LogP contribution in [0.25, 0.3) is 10.9 Å². The fraction of sp³-hybridized carbons (Fsp3) is 0.129. The first-order valence-corrected chi connectivity index (χ1v) is 13.4. The summed E-state index contributed by atoms with van der Waals surface area (Å²) in [5.74, 6) is -0.404. The molecule has 1 aliphatic heterocycles. The maximum Gasteiger partial charge on any atom is 0.337 e. The van der Waals surface area contributed by atoms with Crippen molar-refractivity contribution in [2.24, 2.45) is 4.99 Å². The number of esters is 1. The van der Waals surface area contributed by atoms with Gasteiger partial charge in [-0.1, -0.05) is 42.5 Å². The Morgan fingerprint density at radius 1 is 1.03 bits per heavy atom. The van der Waals surface area contributed by atoms with E-state index in [1.165, 1.54) is 7.11 Å². The van der Waals surface area contributed by atoms with Gasteiger partial charge in [-0.3, -0.25) is 4.79 Å². The molecule has 0 atom stereocenters. The molecule has 1 aliphatic rings. The van der Waals surface area contributed by atoms with Crippen LogP contribution in [0.5, 0.6) is 5.88 Å². The molecule has 6 rings (SSSR count). The molecular formula is C31H25N3O4S. The van der Waals surface area contributed by atoms with Crippen LogP contribution in [0, 0.1) is 0 Å². The molecule has 7 nitrogen and oxygen atoms in total. The smallest absolute Gasteiger partial charge is 0.337 e. The number of hydrogen-bond acceptors (Lipinski definition) is 6. The van der Waals surface area contributed by atoms with Crippen LogP contribution in [-0.4, -0.2) is 41.3 Å². The lowest BCUT2D eigenvalue weighted by molar-refractivity contribution is -0.117. The largest absolute Gasteiger partial charge is 0.494 e. The van der Waals surface area contributed by atoms with Crippen molar-refractivity contribution in [1.29, 1.82) is 0 Å². The fourth-order valence-corrected chi connectivity index (χ4v) is 5.73. The number of carbonyl (C=O) groups excluding carboxylic acids is 2. The first-order valence-electron chi connectivity index (χ1n) is 12.5. The number of fused-ring (bicyclic) bond motifs is 2. The number of thiophene rings is 1. The Kier molecular flexibility index (Phi) is 6.46. The first-order chi connectivity index (χ1) is 19.0. The predicted octanol–water partition coefficient (Wildman–Crippen LogP) is 6.02. The maximum atomic E-state index is 13.0. The normalized spacial score (nSPS) is 13.1. The van der Waals surface area contributed by atoms with Gasteiger partial charge in [0.1, 0.15) is 0 Å². The number of aliphatic imine (C=N–C) groups is 1. The van der Waals surface area contributed by atoms with Crippen molar-refractivity contribution in [3.8, 4) is 5.88 Å². The predicted molar refractivity (Wildman–Crippen MR) is 154 cm³/mol. The average molecular weight is 536 g/mol. The third kappa shape index (κ3) is 4.70. The van der Waals surface area contributed by atoms with E-state index in [1.807, 2.05) is 70.9 Å². The zero-order valence-electron chi connectivity index (χ0n) is 21.2. The average Bonchev–Trinajstić information content (AvgIpc) is 3.69. The van der Waals surface area contributed by atoms with Gasteiger partial charge in [0.2, 0.25) is 5.91 Å². The van der Waals surface area contributed by atoms with Crippen molar-refractivity contribution in [3.05, 3.63) is 111 Å². The second kappa shape index (κ2) is 10.2. The zero-order chi connectivity index (χ0) is 26.9. The minimum atomic E-state index is -0.453. The van der Waals surface area contributed by atoms with E-state index >= 15 is 0 Å². The standard InChI is InChI=1S/C31H25N3O4S/c1-38-31(37)21-9-11-24-25(17-21)33-30(36)28(24)29(19-6-3-2-4-7-19)32-22-10-12-26-20(16-22)13-14-34(26)27(35)18-23-8-5-15-39-23/h2-12,15-17,33,36H,13-14,18H2,1H3. The van der Waals surface area contributed by atoms with Crippen LogP contribution in [0.15, 0.2) is 89.2 Å². The van der Waals surface area contributed by atoms with E-state index in [9.17, 15) is 14.7 Å². The van der Waals surface area contributed by atoms with Gasteiger partial charge in [-0.05, 0) is 53.8 Å². The van der Waals surface area contributed by atoms with Gasteiger partial charge in [0.15, 0.2) is 5.88 Å². The molecule has 0 spiro atoms. The number of rotatable bonds is 6. The Morgan fingerprint density at radius 2 is 1.87 bits per heavy atom. The molecule has 0 unspecified atom stereocenters. The molecule has 2 N–H and O–H groups in total. The number of nitrogens with zero attached hydrogens (tertiary/aromatic N) is 2. The second-order valence-corrected chi connectivity index (χ2v) is 10.3. The molecule has 0 fully saturated rings. The van der Waals surface area contributed by atoms with E-state index in [0.717, 1.165) is 39.2 Å². The van der Waals surface area contributed by atoms with Crippen molar-refractivity contribution < 1.29 is 19.4 Å². The quantitative estimate of drug-likeness (QED) is 0.205. The molecule has 8 heteroatoms. The van der Waals surface area contributed by atoms with Gasteiger partial charge in [0.25, 0.3) is 0 Å². The summed E-state index contributed by atoms with van der Waals surface area (Å²) in [6.45, 7) is 0.643. The van der Waals surface area contributed by atoms with E-state index in [2.05, 4.69) is 4.98 Å². The first kappa shape index (κ1) is 24.6. The molecule has 1 amide bonds. The lowest BCUT2D eigenvalue weighted by atomic mass is 10.00. The van der Waals surface area contributed by atoms with Gasteiger partial charge in [-0.2, -0.15) is 0 Å². The maximum absolute atomic E-state index is 13.0. The number of amides is 1. The highest BCUT2D eigenvalue weighted by Crippen LogP contribution is 2.35. The summed E-state index contributed by atoms with van der Waals surface area (Å²) >= 11 is 1.59. The Hall–Kier alpha value is -4.69. The van der Waals surface area contributed by atoms with Crippen LogP contribution >= 0.6 is 11.3 Å². The summed E-state index contributed by atoms with van der Waals surface area (Å²) in [7, 11) is 1.33. The van der Waals surface area contributed by atoms with Crippen LogP contribution < -0.4 is 4.90 Å². The number of aromatic amines is 1. The van der Waals surface area contributed by atoms with Crippen LogP contribution in [0.4, 0.5) is 11.4 Å². The van der Waals surface area contributed by atoms with Gasteiger partial charge < -0.3 is 19.7 Å². The number of methoxy groups -OCH3 is 1. The van der Waals surface area contributed by atoms with Crippen LogP contribution in [0.2, 0.25) is 0 Å². The summed E-state index contributed by atoms with van der Waals surface area (Å²) in [5.41, 5.74) is 5.65. The number of anilines is 1. The van der Waals surface area contributed by atoms with Crippen LogP contribution in [0.1, 0.15) is 31.9 Å². The fourth-order valence-electron chi connectivity index (χ4n) is 5.03. The Bertz CT molecular complexity index is 1720. The van der Waals surface area contributed by atoms with Crippen LogP contribution in [0.3, 0.4) is 0 Å². The Labute approximate surface area is 229 Å². The lowest BCUT2D eigenvalue weighted by Gasteiger charge is -2.17. The zero-order valence-corrected chi connectivity index (χ0v) is 22.0. The second-order valence-electron chi connectivity index (χ2n) is 9.29. The van der Waals surface area contributed by atoms with Crippen molar-refractivity contribution in [2.45, 2.75) is 12.8 Å². The summed E-state index contributed by atoms with van der Waals surface area (Å²) < 4.78 is 4.84. The van der Waals surface area contributed by atoms with Gasteiger partial charge in [0.05, 0.1) is 36.1 Å². The number of aromatic hydroxyl groups is 1. The number of H-pyrrole nitrogens is 1. The molecule has 194 valence electrons. The minimum Gasteiger partial charge on any atom is -0.494 e. The monoisotopic (exact) mass is 535 g/mol. The van der Waals surface area contributed by atoms with Gasteiger partial charge in [-0.25, -0.2) is 9.79 Å². The molecule has 3 heterocycles. The topological polar surface area (TPSA) is 95.0 Å². The molecule has 0 saturated carbocycles. The molecule has 0 bridgehead atoms. The van der Waals surface area contributed by atoms with E-state index in [-0.39, 0.29) is 11.8 Å². The number of hydrogen-bond donors (Lipinski definition) is 2. The van der Waals surface area contributed by atoms with E-state index in [4.69, 9.17) is 9.73 Å². The van der Waals surface area contributed by atoms with Gasteiger partial charge >= 0.3 is 5.97 Å². The highest BCUT2D eigenvalue weighted by Gasteiger charge is 2.26. The molecule has 0 aliphatic carbocycles. The molecule has 3 aromatic carbocycles. The van der Waals surface area contributed by atoms with Crippen molar-refractivity contribution in [1.82, 2.24) is 4.98 Å². The third-order valence-electron chi connectivity index (χ3n) is 6.89. The lowest BCUT2D eigenvalue weighted by Crippen LogP contribution is -2.30. The summed E-state index contributed by atoms with van der Waals surface area (Å²) in [5, 5.41) is 13.7. The van der Waals surface area contributed by atoms with E-state index in [0.29, 0.717) is 35.3 Å². The number of carbonyl (C=O) groups is 2. The summed E-state index contributed by atoms with van der Waals surface area (Å²) in [6, 6.07) is 24.6. The SMILES string of the molecule is COC(=O)c1ccc2c(C(=Nc3ccc4c(c3)CCN4C(=O)Cc3cccs3)c3ccccc3)c(O)[nH]c2c1. The molecule has 39 heavy (non-hydrogen) atoms.